The molecular formula is C40H46O10. The molecule has 2 saturated carbocycles. The minimum absolute atomic E-state index is 0.0242. The number of benzene rings is 2. The van der Waals surface area contributed by atoms with Gasteiger partial charge in [0.25, 0.3) is 0 Å². The number of rotatable bonds is 8. The quantitative estimate of drug-likeness (QED) is 0.157. The zero-order valence-corrected chi connectivity index (χ0v) is 29.4. The maximum Gasteiger partial charge on any atom is 0.338 e. The summed E-state index contributed by atoms with van der Waals surface area (Å²) in [4.78, 5) is 52.8. The van der Waals surface area contributed by atoms with Crippen LogP contribution in [0, 0.1) is 16.7 Å². The second-order valence-electron chi connectivity index (χ2n) is 14.4. The molecule has 0 aromatic heterocycles. The smallest absolute Gasteiger partial charge is 0.338 e. The number of carbonyl (C=O) groups excluding carboxylic acids is 4. The van der Waals surface area contributed by atoms with Crippen molar-refractivity contribution in [3.63, 3.8) is 0 Å². The molecule has 0 amide bonds. The van der Waals surface area contributed by atoms with Crippen molar-refractivity contribution in [3.05, 3.63) is 101 Å². The number of hydrogen-bond acceptors (Lipinski definition) is 10. The predicted octanol–water partition coefficient (Wildman–Crippen LogP) is 5.53. The van der Waals surface area contributed by atoms with Crippen molar-refractivity contribution in [2.75, 3.05) is 0 Å². The van der Waals surface area contributed by atoms with Gasteiger partial charge in [-0.25, -0.2) is 9.59 Å². The summed E-state index contributed by atoms with van der Waals surface area (Å²) in [5.74, 6) is -3.41. The minimum atomic E-state index is -1.52. The van der Waals surface area contributed by atoms with Gasteiger partial charge in [-0.05, 0) is 80.0 Å². The van der Waals surface area contributed by atoms with E-state index in [4.69, 9.17) is 18.9 Å². The first-order valence-electron chi connectivity index (χ1n) is 16.8. The first kappa shape index (κ1) is 36.7. The zero-order chi connectivity index (χ0) is 36.6. The molecule has 2 aromatic rings. The Morgan fingerprint density at radius 3 is 2.08 bits per heavy atom. The molecular weight excluding hydrogens is 640 g/mol. The highest BCUT2D eigenvalue weighted by Gasteiger charge is 2.69. The number of carbonyl (C=O) groups is 4. The van der Waals surface area contributed by atoms with E-state index in [-0.39, 0.29) is 24.8 Å². The Hall–Kier alpha value is -4.54. The maximum absolute atomic E-state index is 13.8. The summed E-state index contributed by atoms with van der Waals surface area (Å²) in [6.45, 7) is 13.6. The van der Waals surface area contributed by atoms with Crippen LogP contribution in [0.1, 0.15) is 76.7 Å². The van der Waals surface area contributed by atoms with Crippen LogP contribution in [0.2, 0.25) is 0 Å². The van der Waals surface area contributed by atoms with Crippen LogP contribution in [0.15, 0.2) is 90.0 Å². The number of ether oxygens (including phenoxy) is 4. The molecule has 266 valence electrons. The molecule has 8 atom stereocenters. The molecule has 0 heterocycles. The Labute approximate surface area is 292 Å². The van der Waals surface area contributed by atoms with Gasteiger partial charge in [-0.2, -0.15) is 0 Å². The van der Waals surface area contributed by atoms with E-state index in [1.54, 1.807) is 64.1 Å². The molecule has 5 rings (SSSR count). The van der Waals surface area contributed by atoms with E-state index in [0.29, 0.717) is 16.7 Å². The number of hydrogen-bond donors (Lipinski definition) is 2. The highest BCUT2D eigenvalue weighted by atomic mass is 16.6. The second kappa shape index (κ2) is 14.0. The van der Waals surface area contributed by atoms with Crippen LogP contribution in [-0.4, -0.2) is 70.2 Å². The fourth-order valence-corrected chi connectivity index (χ4v) is 8.33. The topological polar surface area (TPSA) is 146 Å². The first-order valence-corrected chi connectivity index (χ1v) is 16.8. The van der Waals surface area contributed by atoms with Gasteiger partial charge in [-0.3, -0.25) is 9.59 Å². The Balaban J connectivity index is 1.68. The summed E-state index contributed by atoms with van der Waals surface area (Å²) in [6.07, 6.45) is -2.51. The van der Waals surface area contributed by atoms with Crippen molar-refractivity contribution in [1.29, 1.82) is 0 Å². The van der Waals surface area contributed by atoms with Gasteiger partial charge in [-0.15, -0.1) is 0 Å². The molecule has 0 bridgehead atoms. The minimum Gasteiger partial charge on any atom is -0.462 e. The molecule has 0 spiro atoms. The summed E-state index contributed by atoms with van der Waals surface area (Å²) in [5, 5.41) is 23.5. The Bertz CT molecular complexity index is 1700. The molecule has 3 aliphatic carbocycles. The lowest BCUT2D eigenvalue weighted by Gasteiger charge is -2.53. The summed E-state index contributed by atoms with van der Waals surface area (Å²) in [6, 6.07) is 17.5. The monoisotopic (exact) mass is 686 g/mol. The van der Waals surface area contributed by atoms with Crippen LogP contribution in [0.5, 0.6) is 0 Å². The number of aliphatic hydroxyl groups excluding tert-OH is 1. The van der Waals surface area contributed by atoms with E-state index < -0.39 is 76.7 Å². The molecule has 0 radical (unpaired) electrons. The van der Waals surface area contributed by atoms with Crippen LogP contribution in [0.25, 0.3) is 6.08 Å². The van der Waals surface area contributed by atoms with E-state index in [0.717, 1.165) is 5.56 Å². The third-order valence-corrected chi connectivity index (χ3v) is 10.9. The van der Waals surface area contributed by atoms with Crippen molar-refractivity contribution < 1.29 is 48.3 Å². The van der Waals surface area contributed by atoms with Crippen LogP contribution >= 0.6 is 0 Å². The van der Waals surface area contributed by atoms with Gasteiger partial charge in [0.15, 0.2) is 12.2 Å². The molecule has 50 heavy (non-hydrogen) atoms. The lowest BCUT2D eigenvalue weighted by molar-refractivity contribution is -0.197. The highest BCUT2D eigenvalue weighted by molar-refractivity contribution is 5.90. The van der Waals surface area contributed by atoms with Gasteiger partial charge in [0, 0.05) is 31.8 Å². The first-order chi connectivity index (χ1) is 23.5. The maximum atomic E-state index is 13.8. The SMILES string of the molecule is C=C1[C@@H](OC(=O)/C=C/c2ccccc2)C[C@H](OC(C)=O)[C@]2(C)[C@@H]1C[C@]1(C(C)(C)O)C[C@H](O)C(C)=C1[C@@H](OC(=O)c1ccccc1)[C@@H]2OC(C)=O. The van der Waals surface area contributed by atoms with Crippen molar-refractivity contribution in [2.24, 2.45) is 16.7 Å². The van der Waals surface area contributed by atoms with Gasteiger partial charge in [0.1, 0.15) is 12.2 Å². The molecule has 10 nitrogen and oxygen atoms in total. The van der Waals surface area contributed by atoms with Gasteiger partial charge < -0.3 is 29.2 Å². The molecule has 0 unspecified atom stereocenters. The highest BCUT2D eigenvalue weighted by Crippen LogP contribution is 2.65. The summed E-state index contributed by atoms with van der Waals surface area (Å²) < 4.78 is 24.4. The average molecular weight is 687 g/mol. The molecule has 0 saturated heterocycles. The van der Waals surface area contributed by atoms with Gasteiger partial charge in [0.2, 0.25) is 0 Å². The van der Waals surface area contributed by atoms with E-state index in [2.05, 4.69) is 6.58 Å². The lowest BCUT2D eigenvalue weighted by atomic mass is 9.56. The molecule has 0 aliphatic heterocycles. The Morgan fingerprint density at radius 2 is 1.50 bits per heavy atom. The van der Waals surface area contributed by atoms with E-state index in [1.807, 2.05) is 30.3 Å². The fraction of sp³-hybridized carbons (Fsp3) is 0.450. The molecule has 2 fully saturated rings. The molecule has 3 aliphatic rings. The van der Waals surface area contributed by atoms with Crippen molar-refractivity contribution >= 4 is 30.0 Å². The number of fused-ring (bicyclic) bond motifs is 2. The van der Waals surface area contributed by atoms with Crippen LogP contribution in [0.4, 0.5) is 0 Å². The molecule has 2 aromatic carbocycles. The van der Waals surface area contributed by atoms with Crippen molar-refractivity contribution in [2.45, 2.75) is 96.9 Å². The fourth-order valence-electron chi connectivity index (χ4n) is 8.33. The molecule has 2 N–H and O–H groups in total. The third kappa shape index (κ3) is 6.79. The van der Waals surface area contributed by atoms with Gasteiger partial charge in [0.05, 0.1) is 22.7 Å². The van der Waals surface area contributed by atoms with Crippen molar-refractivity contribution in [1.82, 2.24) is 0 Å². The largest absolute Gasteiger partial charge is 0.462 e. The van der Waals surface area contributed by atoms with Crippen molar-refractivity contribution in [3.8, 4) is 0 Å². The van der Waals surface area contributed by atoms with Gasteiger partial charge in [-0.1, -0.05) is 62.0 Å². The Morgan fingerprint density at radius 1 is 0.900 bits per heavy atom. The standard InChI is InChI=1S/C40H46O10/c1-23-29-21-40(38(5,6)46)22-30(43)24(2)34(40)35(50-37(45)28-16-12-9-13-17-28)36(48-26(4)42)39(29,7)32(47-25(3)41)20-31(23)49-33(44)19-18-27-14-10-8-11-15-27/h8-19,29-32,35-36,43,46H,1,20-22H2,2-7H3/b19-18+/t29-,30+,31+,32+,35-,36+,39+,40+/m1/s1. The summed E-state index contributed by atoms with van der Waals surface area (Å²) in [5.41, 5.74) is -1.70. The number of esters is 4. The number of aliphatic hydroxyl groups is 2. The van der Waals surface area contributed by atoms with Crippen LogP contribution < -0.4 is 0 Å². The third-order valence-electron chi connectivity index (χ3n) is 10.9. The van der Waals surface area contributed by atoms with Crippen LogP contribution in [-0.2, 0) is 33.3 Å². The zero-order valence-electron chi connectivity index (χ0n) is 29.4. The Kier molecular flexibility index (Phi) is 10.3. The van der Waals surface area contributed by atoms with E-state index in [1.165, 1.54) is 19.9 Å². The predicted molar refractivity (Wildman–Crippen MR) is 184 cm³/mol. The summed E-state index contributed by atoms with van der Waals surface area (Å²) in [7, 11) is 0. The average Bonchev–Trinajstić information content (AvgIpc) is 3.27. The normalized spacial score (nSPS) is 30.9. The lowest BCUT2D eigenvalue weighted by Crippen LogP contribution is -2.60. The second-order valence-corrected chi connectivity index (χ2v) is 14.4. The van der Waals surface area contributed by atoms with E-state index >= 15 is 0 Å². The van der Waals surface area contributed by atoms with E-state index in [9.17, 15) is 29.4 Å². The summed E-state index contributed by atoms with van der Waals surface area (Å²) >= 11 is 0. The van der Waals surface area contributed by atoms with Gasteiger partial charge >= 0.3 is 23.9 Å². The molecule has 10 heteroatoms. The van der Waals surface area contributed by atoms with Crippen LogP contribution in [0.3, 0.4) is 0 Å².